The fourth-order valence-corrected chi connectivity index (χ4v) is 5.20. The van der Waals surface area contributed by atoms with Crippen molar-refractivity contribution in [2.45, 2.75) is 57.3 Å². The molecule has 2 N–H and O–H groups in total. The Kier molecular flexibility index (Phi) is 8.05. The molecule has 9 heteroatoms. The fraction of sp³-hybridized carbons (Fsp3) is 0.333. The molecule has 5 rings (SSSR count). The Balaban J connectivity index is 1.52. The van der Waals surface area contributed by atoms with Crippen molar-refractivity contribution in [1.29, 1.82) is 0 Å². The molecule has 1 heterocycles. The van der Waals surface area contributed by atoms with Gasteiger partial charge in [0, 0.05) is 12.6 Å². The van der Waals surface area contributed by atoms with Crippen LogP contribution in [0, 0.1) is 0 Å². The van der Waals surface area contributed by atoms with Crippen LogP contribution in [-0.4, -0.2) is 50.0 Å². The number of methoxy groups -OCH3 is 1. The van der Waals surface area contributed by atoms with Crippen LogP contribution in [0.25, 0.3) is 11.0 Å². The first kappa shape index (κ1) is 26.2. The summed E-state index contributed by atoms with van der Waals surface area (Å²) in [5, 5.41) is 21.5. The van der Waals surface area contributed by atoms with Crippen LogP contribution >= 0.6 is 0 Å². The molecular formula is C30H33N5O4. The van der Waals surface area contributed by atoms with Crippen LogP contribution in [0.15, 0.2) is 72.8 Å². The van der Waals surface area contributed by atoms with Gasteiger partial charge < -0.3 is 20.1 Å². The summed E-state index contributed by atoms with van der Waals surface area (Å²) in [6.45, 7) is 0.0854. The summed E-state index contributed by atoms with van der Waals surface area (Å²) in [6, 6.07) is 20.5. The zero-order chi connectivity index (χ0) is 27.2. The minimum atomic E-state index is -0.916. The summed E-state index contributed by atoms with van der Waals surface area (Å²) < 4.78 is 6.96. The summed E-state index contributed by atoms with van der Waals surface area (Å²) in [6.07, 6.45) is 5.15. The molecule has 0 radical (unpaired) electrons. The van der Waals surface area contributed by atoms with E-state index in [1.165, 1.54) is 18.6 Å². The summed E-state index contributed by atoms with van der Waals surface area (Å²) >= 11 is 0. The molecule has 3 aromatic carbocycles. The maximum absolute atomic E-state index is 14.1. The summed E-state index contributed by atoms with van der Waals surface area (Å²) in [4.78, 5) is 29.6. The van der Waals surface area contributed by atoms with Gasteiger partial charge in [-0.1, -0.05) is 60.9 Å². The van der Waals surface area contributed by atoms with Crippen LogP contribution in [0.5, 0.6) is 11.5 Å². The van der Waals surface area contributed by atoms with E-state index in [-0.39, 0.29) is 36.7 Å². The van der Waals surface area contributed by atoms with E-state index >= 15 is 0 Å². The Hall–Kier alpha value is -4.40. The average Bonchev–Trinajstić information content (AvgIpc) is 3.37. The number of nitrogens with zero attached hydrogens (tertiary/aromatic N) is 4. The van der Waals surface area contributed by atoms with Crippen LogP contribution in [-0.2, 0) is 22.7 Å². The van der Waals surface area contributed by atoms with Gasteiger partial charge in [0.15, 0.2) is 0 Å². The monoisotopic (exact) mass is 527 g/mol. The molecule has 1 fully saturated rings. The van der Waals surface area contributed by atoms with Crippen molar-refractivity contribution < 1.29 is 19.4 Å². The number of para-hydroxylation sites is 1. The second-order valence-corrected chi connectivity index (χ2v) is 9.95. The van der Waals surface area contributed by atoms with Crippen LogP contribution in [0.2, 0.25) is 0 Å². The SMILES string of the molecule is COc1cccc(CN(C(=O)Cn2nnc3ccccc32)C(C(=O)NC2CCCCC2)c2ccc(O)cc2)c1. The highest BCUT2D eigenvalue weighted by atomic mass is 16.5. The van der Waals surface area contributed by atoms with Gasteiger partial charge in [-0.15, -0.1) is 5.10 Å². The van der Waals surface area contributed by atoms with Crippen molar-refractivity contribution in [3.8, 4) is 11.5 Å². The van der Waals surface area contributed by atoms with Gasteiger partial charge in [0.2, 0.25) is 11.8 Å². The molecule has 0 aliphatic heterocycles. The molecule has 0 bridgehead atoms. The van der Waals surface area contributed by atoms with Gasteiger partial charge in [-0.25, -0.2) is 4.68 Å². The van der Waals surface area contributed by atoms with E-state index in [1.54, 1.807) is 28.8 Å². The zero-order valence-electron chi connectivity index (χ0n) is 22.0. The predicted molar refractivity (Wildman–Crippen MR) is 147 cm³/mol. The highest BCUT2D eigenvalue weighted by molar-refractivity contribution is 5.89. The highest BCUT2D eigenvalue weighted by Gasteiger charge is 2.33. The third-order valence-electron chi connectivity index (χ3n) is 7.23. The molecule has 39 heavy (non-hydrogen) atoms. The van der Waals surface area contributed by atoms with Gasteiger partial charge in [0.1, 0.15) is 29.6 Å². The standard InChI is InChI=1S/C30H33N5O4/c1-39-25-11-7-8-21(18-25)19-34(28(37)20-35-27-13-6-5-12-26(27)32-33-35)29(22-14-16-24(36)17-15-22)30(38)31-23-9-3-2-4-10-23/h5-8,11-18,23,29,36H,2-4,9-10,19-20H2,1H3,(H,31,38). The van der Waals surface area contributed by atoms with E-state index in [1.807, 2.05) is 48.5 Å². The summed E-state index contributed by atoms with van der Waals surface area (Å²) in [5.41, 5.74) is 2.86. The van der Waals surface area contributed by atoms with Crippen molar-refractivity contribution in [1.82, 2.24) is 25.2 Å². The quantitative estimate of drug-likeness (QED) is 0.335. The lowest BCUT2D eigenvalue weighted by molar-refractivity contribution is -0.142. The number of carbonyl (C=O) groups excluding carboxylic acids is 2. The number of nitrogens with one attached hydrogen (secondary N) is 1. The van der Waals surface area contributed by atoms with E-state index in [2.05, 4.69) is 15.6 Å². The number of phenolic OH excluding ortho intramolecular Hbond substituents is 1. The van der Waals surface area contributed by atoms with Gasteiger partial charge in [-0.2, -0.15) is 0 Å². The number of ether oxygens (including phenoxy) is 1. The number of rotatable bonds is 9. The lowest BCUT2D eigenvalue weighted by atomic mass is 9.94. The molecule has 9 nitrogen and oxygen atoms in total. The Morgan fingerprint density at radius 3 is 2.59 bits per heavy atom. The van der Waals surface area contributed by atoms with Crippen molar-refractivity contribution in [2.75, 3.05) is 7.11 Å². The first-order valence-electron chi connectivity index (χ1n) is 13.3. The molecule has 1 atom stereocenters. The Labute approximate surface area is 227 Å². The van der Waals surface area contributed by atoms with Gasteiger partial charge in [-0.3, -0.25) is 9.59 Å². The number of carbonyl (C=O) groups is 2. The predicted octanol–water partition coefficient (Wildman–Crippen LogP) is 4.36. The average molecular weight is 528 g/mol. The van der Waals surface area contributed by atoms with Crippen LogP contribution in [0.4, 0.5) is 0 Å². The molecule has 1 aliphatic rings. The second-order valence-electron chi connectivity index (χ2n) is 9.95. The van der Waals surface area contributed by atoms with Gasteiger partial charge in [-0.05, 0) is 60.4 Å². The van der Waals surface area contributed by atoms with E-state index in [0.717, 1.165) is 36.8 Å². The number of benzene rings is 3. The fourth-order valence-electron chi connectivity index (χ4n) is 5.20. The van der Waals surface area contributed by atoms with Crippen molar-refractivity contribution in [3.63, 3.8) is 0 Å². The second kappa shape index (κ2) is 12.0. The Morgan fingerprint density at radius 1 is 1.05 bits per heavy atom. The van der Waals surface area contributed by atoms with E-state index in [9.17, 15) is 14.7 Å². The number of amides is 2. The topological polar surface area (TPSA) is 110 Å². The molecule has 2 amide bonds. The molecule has 1 aromatic heterocycles. The number of aromatic hydroxyl groups is 1. The number of hydrogen-bond acceptors (Lipinski definition) is 6. The largest absolute Gasteiger partial charge is 0.508 e. The molecular weight excluding hydrogens is 494 g/mol. The van der Waals surface area contributed by atoms with Crippen molar-refractivity contribution in [2.24, 2.45) is 0 Å². The molecule has 202 valence electrons. The molecule has 4 aromatic rings. The number of phenols is 1. The van der Waals surface area contributed by atoms with Crippen molar-refractivity contribution >= 4 is 22.8 Å². The smallest absolute Gasteiger partial charge is 0.247 e. The zero-order valence-corrected chi connectivity index (χ0v) is 22.0. The first-order valence-corrected chi connectivity index (χ1v) is 13.3. The molecule has 0 saturated heterocycles. The lowest BCUT2D eigenvalue weighted by Crippen LogP contribution is -2.47. The third kappa shape index (κ3) is 6.19. The van der Waals surface area contributed by atoms with Gasteiger partial charge in [0.05, 0.1) is 12.6 Å². The maximum atomic E-state index is 14.1. The number of hydrogen-bond donors (Lipinski definition) is 2. The summed E-state index contributed by atoms with van der Waals surface area (Å²) in [7, 11) is 1.59. The minimum Gasteiger partial charge on any atom is -0.508 e. The summed E-state index contributed by atoms with van der Waals surface area (Å²) in [5.74, 6) is 0.220. The minimum absolute atomic E-state index is 0.0684. The van der Waals surface area contributed by atoms with E-state index < -0.39 is 6.04 Å². The normalized spacial score (nSPS) is 14.6. The Morgan fingerprint density at radius 2 is 1.82 bits per heavy atom. The molecule has 1 unspecified atom stereocenters. The Bertz CT molecular complexity index is 1430. The maximum Gasteiger partial charge on any atom is 0.247 e. The number of fused-ring (bicyclic) bond motifs is 1. The van der Waals surface area contributed by atoms with Gasteiger partial charge in [0.25, 0.3) is 0 Å². The molecule has 1 aliphatic carbocycles. The van der Waals surface area contributed by atoms with Crippen LogP contribution in [0.3, 0.4) is 0 Å². The van der Waals surface area contributed by atoms with E-state index in [0.29, 0.717) is 16.8 Å². The highest BCUT2D eigenvalue weighted by Crippen LogP contribution is 2.28. The van der Waals surface area contributed by atoms with Crippen molar-refractivity contribution in [3.05, 3.63) is 83.9 Å². The first-order chi connectivity index (χ1) is 19.0. The molecule has 1 saturated carbocycles. The third-order valence-corrected chi connectivity index (χ3v) is 7.23. The van der Waals surface area contributed by atoms with E-state index in [4.69, 9.17) is 4.74 Å². The van der Waals surface area contributed by atoms with Crippen LogP contribution < -0.4 is 10.1 Å². The van der Waals surface area contributed by atoms with Gasteiger partial charge >= 0.3 is 0 Å². The lowest BCUT2D eigenvalue weighted by Gasteiger charge is -2.33. The number of aromatic nitrogens is 3. The molecule has 0 spiro atoms. The van der Waals surface area contributed by atoms with Crippen LogP contribution in [0.1, 0.15) is 49.3 Å².